The molecule has 0 aliphatic heterocycles. The van der Waals surface area contributed by atoms with Gasteiger partial charge < -0.3 is 10.1 Å². The topological polar surface area (TPSA) is 75.7 Å². The molecule has 1 N–H and O–H groups in total. The number of halogens is 2. The van der Waals surface area contributed by atoms with Crippen molar-refractivity contribution in [1.29, 1.82) is 0 Å². The Kier molecular flexibility index (Phi) is 6.89. The number of amides is 1. The van der Waals surface area contributed by atoms with Gasteiger partial charge in [0.25, 0.3) is 10.0 Å². The monoisotopic (exact) mass is 404 g/mol. The quantitative estimate of drug-likeness (QED) is 0.698. The van der Waals surface area contributed by atoms with Gasteiger partial charge in [-0.05, 0) is 22.0 Å². The van der Waals surface area contributed by atoms with E-state index in [1.165, 1.54) is 20.2 Å². The molecule has 0 aliphatic carbocycles. The van der Waals surface area contributed by atoms with Gasteiger partial charge in [0.2, 0.25) is 5.91 Å². The molecule has 1 aromatic heterocycles. The maximum atomic E-state index is 12.2. The van der Waals surface area contributed by atoms with Crippen molar-refractivity contribution < 1.29 is 17.9 Å². The van der Waals surface area contributed by atoms with E-state index in [1.54, 1.807) is 0 Å². The highest BCUT2D eigenvalue weighted by Gasteiger charge is 2.25. The molecule has 0 spiro atoms. The van der Waals surface area contributed by atoms with Crippen molar-refractivity contribution in [3.8, 4) is 0 Å². The summed E-state index contributed by atoms with van der Waals surface area (Å²) in [7, 11) is -0.866. The minimum Gasteiger partial charge on any atom is -0.383 e. The lowest BCUT2D eigenvalue weighted by Crippen LogP contribution is -2.39. The van der Waals surface area contributed by atoms with Crippen LogP contribution in [0.4, 0.5) is 0 Å². The van der Waals surface area contributed by atoms with E-state index in [0.717, 1.165) is 15.6 Å². The lowest BCUT2D eigenvalue weighted by atomic mass is 10.5. The second kappa shape index (κ2) is 7.71. The molecule has 0 saturated carbocycles. The second-order valence-corrected chi connectivity index (χ2v) is 8.84. The van der Waals surface area contributed by atoms with Crippen molar-refractivity contribution in [2.45, 2.75) is 4.21 Å². The van der Waals surface area contributed by atoms with Crippen LogP contribution < -0.4 is 5.32 Å². The van der Waals surface area contributed by atoms with Gasteiger partial charge in [-0.15, -0.1) is 11.3 Å². The fraction of sp³-hybridized carbons (Fsp3) is 0.500. The molecule has 10 heteroatoms. The van der Waals surface area contributed by atoms with E-state index in [4.69, 9.17) is 16.3 Å². The number of ether oxygens (including phenoxy) is 1. The highest BCUT2D eigenvalue weighted by molar-refractivity contribution is 9.11. The van der Waals surface area contributed by atoms with Gasteiger partial charge in [-0.3, -0.25) is 4.79 Å². The van der Waals surface area contributed by atoms with Gasteiger partial charge in [0, 0.05) is 20.7 Å². The smallest absolute Gasteiger partial charge is 0.252 e. The van der Waals surface area contributed by atoms with Crippen LogP contribution in [0.25, 0.3) is 0 Å². The molecule has 1 heterocycles. The Bertz CT molecular complexity index is 556. The summed E-state index contributed by atoms with van der Waals surface area (Å²) < 4.78 is 30.8. The van der Waals surface area contributed by atoms with Gasteiger partial charge in [0.1, 0.15) is 4.21 Å². The molecular formula is C10H14BrClN2O4S2. The number of carbonyl (C=O) groups excluding carboxylic acids is 1. The molecule has 0 saturated heterocycles. The molecule has 0 bridgehead atoms. The molecule has 0 fully saturated rings. The van der Waals surface area contributed by atoms with Crippen LogP contribution in [0.2, 0.25) is 5.02 Å². The van der Waals surface area contributed by atoms with Crippen molar-refractivity contribution in [3.05, 3.63) is 14.9 Å². The molecule has 0 aliphatic rings. The first-order valence-corrected chi connectivity index (χ1v) is 8.88. The van der Waals surface area contributed by atoms with Crippen LogP contribution in [0, 0.1) is 0 Å². The van der Waals surface area contributed by atoms with Gasteiger partial charge in [0.15, 0.2) is 0 Å². The molecule has 1 aromatic rings. The number of thiophene rings is 1. The highest BCUT2D eigenvalue weighted by atomic mass is 79.9. The number of nitrogens with one attached hydrogen (secondary N) is 1. The average molecular weight is 406 g/mol. The number of nitrogens with zero attached hydrogens (tertiary/aromatic N) is 1. The first-order valence-electron chi connectivity index (χ1n) is 5.46. The number of carbonyl (C=O) groups is 1. The summed E-state index contributed by atoms with van der Waals surface area (Å²) in [5.74, 6) is -0.394. The fourth-order valence-corrected chi connectivity index (χ4v) is 4.98. The summed E-state index contributed by atoms with van der Waals surface area (Å²) in [4.78, 5) is 11.6. The molecule has 1 rings (SSSR count). The maximum Gasteiger partial charge on any atom is 0.252 e. The summed E-state index contributed by atoms with van der Waals surface area (Å²) in [6.45, 7) is 0.439. The number of likely N-dealkylation sites (N-methyl/N-ethyl adjacent to an activating group) is 1. The van der Waals surface area contributed by atoms with E-state index in [-0.39, 0.29) is 10.8 Å². The third-order valence-corrected chi connectivity index (χ3v) is 7.01. The molecule has 0 unspecified atom stereocenters. The number of rotatable bonds is 7. The third-order valence-electron chi connectivity index (χ3n) is 2.28. The molecule has 20 heavy (non-hydrogen) atoms. The molecule has 114 valence electrons. The van der Waals surface area contributed by atoms with E-state index in [9.17, 15) is 13.2 Å². The zero-order chi connectivity index (χ0) is 15.3. The van der Waals surface area contributed by atoms with Gasteiger partial charge in [-0.1, -0.05) is 11.6 Å². The summed E-state index contributed by atoms with van der Waals surface area (Å²) in [5, 5.41) is 2.88. The predicted octanol–water partition coefficient (Wildman–Crippen LogP) is 1.55. The SMILES string of the molecule is COCCNC(=O)CN(C)S(=O)(=O)c1cc(Cl)c(Br)s1. The highest BCUT2D eigenvalue weighted by Crippen LogP contribution is 2.35. The maximum absolute atomic E-state index is 12.2. The lowest BCUT2D eigenvalue weighted by molar-refractivity contribution is -0.121. The second-order valence-electron chi connectivity index (χ2n) is 3.79. The average Bonchev–Trinajstić information content (AvgIpc) is 2.70. The molecule has 0 radical (unpaired) electrons. The van der Waals surface area contributed by atoms with Crippen molar-refractivity contribution in [1.82, 2.24) is 9.62 Å². The summed E-state index contributed by atoms with van der Waals surface area (Å²) in [6.07, 6.45) is 0. The van der Waals surface area contributed by atoms with Crippen molar-refractivity contribution in [2.24, 2.45) is 0 Å². The number of methoxy groups -OCH3 is 1. The molecule has 0 atom stereocenters. The van der Waals surface area contributed by atoms with Crippen molar-refractivity contribution in [2.75, 3.05) is 33.9 Å². The van der Waals surface area contributed by atoms with Crippen LogP contribution in [0.5, 0.6) is 0 Å². The minimum atomic E-state index is -3.72. The van der Waals surface area contributed by atoms with Crippen molar-refractivity contribution in [3.63, 3.8) is 0 Å². The number of sulfonamides is 1. The fourth-order valence-electron chi connectivity index (χ4n) is 1.24. The van der Waals surface area contributed by atoms with E-state index in [2.05, 4.69) is 21.2 Å². The predicted molar refractivity (Wildman–Crippen MR) is 81.7 cm³/mol. The first-order chi connectivity index (χ1) is 9.28. The van der Waals surface area contributed by atoms with Crippen LogP contribution >= 0.6 is 38.9 Å². The van der Waals surface area contributed by atoms with Crippen LogP contribution in [-0.4, -0.2) is 52.5 Å². The Balaban J connectivity index is 2.70. The molecule has 0 aromatic carbocycles. The third kappa shape index (κ3) is 4.68. The van der Waals surface area contributed by atoms with Crippen LogP contribution in [0.1, 0.15) is 0 Å². The van der Waals surface area contributed by atoms with E-state index >= 15 is 0 Å². The zero-order valence-electron chi connectivity index (χ0n) is 10.9. The van der Waals surface area contributed by atoms with Gasteiger partial charge >= 0.3 is 0 Å². The van der Waals surface area contributed by atoms with Crippen molar-refractivity contribution >= 4 is 54.8 Å². The Hall–Kier alpha value is -0.190. The largest absolute Gasteiger partial charge is 0.383 e. The number of hydrogen-bond acceptors (Lipinski definition) is 5. The Morgan fingerprint density at radius 3 is 2.75 bits per heavy atom. The molecule has 6 nitrogen and oxygen atoms in total. The standard InChI is InChI=1S/C10H14BrClN2O4S2/c1-14(6-8(15)13-3-4-18-2)20(16,17)9-5-7(12)10(11)19-9/h5H,3-4,6H2,1-2H3,(H,13,15). The molecular weight excluding hydrogens is 392 g/mol. The normalized spacial score (nSPS) is 11.8. The first kappa shape index (κ1) is 17.9. The summed E-state index contributed by atoms with van der Waals surface area (Å²) >= 11 is 9.98. The Morgan fingerprint density at radius 1 is 1.60 bits per heavy atom. The Labute approximate surface area is 135 Å². The lowest BCUT2D eigenvalue weighted by Gasteiger charge is -2.15. The minimum absolute atomic E-state index is 0.0848. The summed E-state index contributed by atoms with van der Waals surface area (Å²) in [6, 6.07) is 1.35. The molecule has 1 amide bonds. The van der Waals surface area contributed by atoms with E-state index < -0.39 is 15.9 Å². The van der Waals surface area contributed by atoms with Gasteiger partial charge in [0.05, 0.1) is 22.0 Å². The van der Waals surface area contributed by atoms with Crippen LogP contribution in [0.15, 0.2) is 14.1 Å². The summed E-state index contributed by atoms with van der Waals surface area (Å²) in [5.41, 5.74) is 0. The number of hydrogen-bond donors (Lipinski definition) is 1. The van der Waals surface area contributed by atoms with Crippen LogP contribution in [0.3, 0.4) is 0 Å². The Morgan fingerprint density at radius 2 is 2.25 bits per heavy atom. The van der Waals surface area contributed by atoms with Crippen LogP contribution in [-0.2, 0) is 19.6 Å². The van der Waals surface area contributed by atoms with E-state index in [0.29, 0.717) is 22.0 Å². The van der Waals surface area contributed by atoms with Gasteiger partial charge in [-0.25, -0.2) is 8.42 Å². The zero-order valence-corrected chi connectivity index (χ0v) is 14.8. The van der Waals surface area contributed by atoms with E-state index in [1.807, 2.05) is 0 Å². The van der Waals surface area contributed by atoms with Gasteiger partial charge in [-0.2, -0.15) is 4.31 Å².